The lowest BCUT2D eigenvalue weighted by Crippen LogP contribution is -2.20. The summed E-state index contributed by atoms with van der Waals surface area (Å²) < 4.78 is 27.8. The van der Waals surface area contributed by atoms with E-state index in [4.69, 9.17) is 0 Å². The number of aromatic nitrogens is 2. The fourth-order valence-corrected chi connectivity index (χ4v) is 3.45. The summed E-state index contributed by atoms with van der Waals surface area (Å²) in [7, 11) is -0.0477. The van der Waals surface area contributed by atoms with Crippen LogP contribution in [0.1, 0.15) is 11.1 Å². The van der Waals surface area contributed by atoms with Crippen molar-refractivity contribution >= 4 is 15.7 Å². The number of sulfonamides is 1. The van der Waals surface area contributed by atoms with Gasteiger partial charge in [0.15, 0.2) is 0 Å². The van der Waals surface area contributed by atoms with Gasteiger partial charge >= 0.3 is 0 Å². The zero-order valence-electron chi connectivity index (χ0n) is 12.1. The highest BCUT2D eigenvalue weighted by Gasteiger charge is 2.22. The van der Waals surface area contributed by atoms with Crippen LogP contribution in [0.15, 0.2) is 35.5 Å². The molecule has 1 aliphatic rings. The van der Waals surface area contributed by atoms with Gasteiger partial charge in [0.2, 0.25) is 10.0 Å². The highest BCUT2D eigenvalue weighted by molar-refractivity contribution is 7.89. The fourth-order valence-electron chi connectivity index (χ4n) is 2.67. The summed E-state index contributed by atoms with van der Waals surface area (Å²) >= 11 is 0. The smallest absolute Gasteiger partial charge is 0.240 e. The highest BCUT2D eigenvalue weighted by Crippen LogP contribution is 2.31. The summed E-state index contributed by atoms with van der Waals surface area (Å²) in [5.74, 6) is 0. The molecule has 0 saturated heterocycles. The Bertz CT molecular complexity index is 767. The summed E-state index contributed by atoms with van der Waals surface area (Å²) in [6, 6.07) is 5.32. The number of nitrogens with one attached hydrogen (secondary N) is 1. The van der Waals surface area contributed by atoms with Crippen molar-refractivity contribution in [2.24, 2.45) is 7.05 Å². The molecule has 0 atom stereocenters. The van der Waals surface area contributed by atoms with E-state index in [-0.39, 0.29) is 0 Å². The molecular formula is C14H18N4O2S. The fraction of sp³-hybridized carbons (Fsp3) is 0.357. The van der Waals surface area contributed by atoms with Gasteiger partial charge in [0.25, 0.3) is 0 Å². The van der Waals surface area contributed by atoms with E-state index in [0.717, 1.165) is 36.3 Å². The lowest BCUT2D eigenvalue weighted by atomic mass is 10.2. The zero-order chi connectivity index (χ0) is 15.0. The molecule has 1 aromatic carbocycles. The van der Waals surface area contributed by atoms with E-state index >= 15 is 0 Å². The minimum atomic E-state index is -3.37. The molecule has 0 saturated carbocycles. The van der Waals surface area contributed by atoms with E-state index < -0.39 is 10.0 Å². The Kier molecular flexibility index (Phi) is 3.46. The predicted octanol–water partition coefficient (Wildman–Crippen LogP) is 0.891. The highest BCUT2D eigenvalue weighted by atomic mass is 32.2. The minimum Gasteiger partial charge on any atom is -0.367 e. The molecule has 0 radical (unpaired) electrons. The Morgan fingerprint density at radius 3 is 2.86 bits per heavy atom. The van der Waals surface area contributed by atoms with E-state index in [0.29, 0.717) is 4.90 Å². The Morgan fingerprint density at radius 2 is 2.19 bits per heavy atom. The number of anilines is 1. The van der Waals surface area contributed by atoms with Crippen LogP contribution in [0.3, 0.4) is 0 Å². The number of nitrogens with zero attached hydrogens (tertiary/aromatic N) is 3. The first-order chi connectivity index (χ1) is 9.99. The Morgan fingerprint density at radius 1 is 1.38 bits per heavy atom. The molecule has 1 aliphatic heterocycles. The largest absolute Gasteiger partial charge is 0.367 e. The van der Waals surface area contributed by atoms with Crippen LogP contribution in [-0.2, 0) is 30.0 Å². The molecule has 0 spiro atoms. The van der Waals surface area contributed by atoms with E-state index in [1.165, 1.54) is 7.05 Å². The van der Waals surface area contributed by atoms with E-state index in [1.807, 2.05) is 25.5 Å². The van der Waals surface area contributed by atoms with Gasteiger partial charge in [0.1, 0.15) is 0 Å². The molecule has 2 heterocycles. The Hall–Kier alpha value is -1.86. The van der Waals surface area contributed by atoms with Crippen molar-refractivity contribution in [3.05, 3.63) is 41.7 Å². The van der Waals surface area contributed by atoms with Crippen molar-refractivity contribution in [2.45, 2.75) is 17.9 Å². The monoisotopic (exact) mass is 306 g/mol. The first-order valence-electron chi connectivity index (χ1n) is 6.78. The number of benzene rings is 1. The summed E-state index contributed by atoms with van der Waals surface area (Å²) in [4.78, 5) is 2.58. The second-order valence-corrected chi connectivity index (χ2v) is 7.08. The van der Waals surface area contributed by atoms with Crippen molar-refractivity contribution in [3.8, 4) is 0 Å². The number of rotatable bonds is 4. The van der Waals surface area contributed by atoms with E-state index in [2.05, 4.69) is 14.7 Å². The van der Waals surface area contributed by atoms with E-state index in [1.54, 1.807) is 16.8 Å². The van der Waals surface area contributed by atoms with Gasteiger partial charge in [-0.15, -0.1) is 0 Å². The second-order valence-electron chi connectivity index (χ2n) is 5.19. The standard InChI is InChI=1S/C14H18N4O2S/c1-15-21(19,20)13-3-4-14-12(7-13)5-6-18(14)10-11-8-16-17(2)9-11/h3-4,7-9,15H,5-6,10H2,1-2H3. The molecule has 2 aromatic rings. The van der Waals surface area contributed by atoms with Gasteiger partial charge in [-0.05, 0) is 37.2 Å². The summed E-state index contributed by atoms with van der Waals surface area (Å²) in [6.45, 7) is 1.69. The number of fused-ring (bicyclic) bond motifs is 1. The van der Waals surface area contributed by atoms with Crippen molar-refractivity contribution in [1.82, 2.24) is 14.5 Å². The Labute approximate surface area is 124 Å². The van der Waals surface area contributed by atoms with Crippen molar-refractivity contribution < 1.29 is 8.42 Å². The number of hydrogen-bond donors (Lipinski definition) is 1. The second kappa shape index (κ2) is 5.16. The predicted molar refractivity (Wildman–Crippen MR) is 80.6 cm³/mol. The molecule has 3 rings (SSSR count). The number of hydrogen-bond acceptors (Lipinski definition) is 4. The third-order valence-corrected chi connectivity index (χ3v) is 5.17. The zero-order valence-corrected chi connectivity index (χ0v) is 12.9. The topological polar surface area (TPSA) is 67.2 Å². The third-order valence-electron chi connectivity index (χ3n) is 3.75. The molecule has 0 unspecified atom stereocenters. The van der Waals surface area contributed by atoms with Crippen molar-refractivity contribution in [1.29, 1.82) is 0 Å². The maximum atomic E-state index is 11.8. The van der Waals surface area contributed by atoms with Gasteiger partial charge in [-0.25, -0.2) is 13.1 Å². The van der Waals surface area contributed by atoms with Gasteiger partial charge in [-0.3, -0.25) is 4.68 Å². The molecule has 6 nitrogen and oxygen atoms in total. The van der Waals surface area contributed by atoms with Crippen molar-refractivity contribution in [3.63, 3.8) is 0 Å². The number of aryl methyl sites for hydroxylation is 1. The van der Waals surface area contributed by atoms with Gasteiger partial charge in [-0.1, -0.05) is 0 Å². The van der Waals surface area contributed by atoms with Gasteiger partial charge in [0.05, 0.1) is 11.1 Å². The molecule has 0 amide bonds. The normalized spacial score (nSPS) is 14.5. The quantitative estimate of drug-likeness (QED) is 0.911. The first-order valence-corrected chi connectivity index (χ1v) is 8.27. The lowest BCUT2D eigenvalue weighted by molar-refractivity contribution is 0.588. The molecule has 0 bridgehead atoms. The van der Waals surface area contributed by atoms with Crippen LogP contribution in [-0.4, -0.2) is 31.8 Å². The van der Waals surface area contributed by atoms with Crippen LogP contribution in [0.5, 0.6) is 0 Å². The van der Waals surface area contributed by atoms with Crippen LogP contribution >= 0.6 is 0 Å². The van der Waals surface area contributed by atoms with Crippen LogP contribution in [0, 0.1) is 0 Å². The molecule has 7 heteroatoms. The maximum Gasteiger partial charge on any atom is 0.240 e. The van der Waals surface area contributed by atoms with E-state index in [9.17, 15) is 8.42 Å². The molecule has 0 aliphatic carbocycles. The molecule has 112 valence electrons. The molecule has 1 aromatic heterocycles. The minimum absolute atomic E-state index is 0.326. The maximum absolute atomic E-state index is 11.8. The van der Waals surface area contributed by atoms with Gasteiger partial charge in [-0.2, -0.15) is 5.10 Å². The van der Waals surface area contributed by atoms with Crippen LogP contribution in [0.25, 0.3) is 0 Å². The van der Waals surface area contributed by atoms with Gasteiger partial charge in [0, 0.05) is 37.6 Å². The SMILES string of the molecule is CNS(=O)(=O)c1ccc2c(c1)CCN2Cc1cnn(C)c1. The molecule has 21 heavy (non-hydrogen) atoms. The average molecular weight is 306 g/mol. The molecule has 0 fully saturated rings. The van der Waals surface area contributed by atoms with Crippen LogP contribution in [0.2, 0.25) is 0 Å². The van der Waals surface area contributed by atoms with Crippen LogP contribution in [0.4, 0.5) is 5.69 Å². The van der Waals surface area contributed by atoms with Crippen molar-refractivity contribution in [2.75, 3.05) is 18.5 Å². The third kappa shape index (κ3) is 2.66. The first kappa shape index (κ1) is 14.1. The molecule has 1 N–H and O–H groups in total. The summed E-state index contributed by atoms with van der Waals surface area (Å²) in [5, 5.41) is 4.17. The lowest BCUT2D eigenvalue weighted by Gasteiger charge is -2.18. The Balaban J connectivity index is 1.86. The van der Waals surface area contributed by atoms with Gasteiger partial charge < -0.3 is 4.90 Å². The summed E-state index contributed by atoms with van der Waals surface area (Å²) in [6.07, 6.45) is 4.72. The average Bonchev–Trinajstić information content (AvgIpc) is 3.06. The summed E-state index contributed by atoms with van der Waals surface area (Å²) in [5.41, 5.74) is 3.33. The molecular weight excluding hydrogens is 288 g/mol. The van der Waals surface area contributed by atoms with Crippen LogP contribution < -0.4 is 9.62 Å².